The Balaban J connectivity index is 1.59. The molecule has 12 nitrogen and oxygen atoms in total. The molecule has 0 radical (unpaired) electrons. The quantitative estimate of drug-likeness (QED) is 0.300. The van der Waals surface area contributed by atoms with Crippen LogP contribution in [0.5, 0.6) is 28.7 Å². The molecule has 12 heteroatoms. The summed E-state index contributed by atoms with van der Waals surface area (Å²) in [5.41, 5.74) is -2.46. The molecule has 5 rings (SSSR count). The maximum atomic E-state index is 13.8. The van der Waals surface area contributed by atoms with E-state index in [1.54, 1.807) is 0 Å². The monoisotopic (exact) mass is 492 g/mol. The standard InChI is InChI=1S/C23H24O12/c1-31-9-5-12-16(13(6-9)34-22-19(28)18(27)17(26)14(7-24)35-22)21(29)23(30)10-3-2-4-11(25)20(10)32-8-15(23)33-12/h2-6,14-15,17-19,22,24-28,30H,7-8H2,1H3/t14-,15+,17-,18+,19-,22-,23-/m1/s1. The molecular weight excluding hydrogens is 468 g/mol. The van der Waals surface area contributed by atoms with E-state index in [0.29, 0.717) is 0 Å². The summed E-state index contributed by atoms with van der Waals surface area (Å²) < 4.78 is 27.8. The van der Waals surface area contributed by atoms with E-state index >= 15 is 0 Å². The van der Waals surface area contributed by atoms with Crippen LogP contribution in [0.1, 0.15) is 15.9 Å². The second kappa shape index (κ2) is 8.52. The number of para-hydroxylation sites is 1. The fourth-order valence-electron chi connectivity index (χ4n) is 4.54. The molecule has 0 spiro atoms. The Bertz CT molecular complexity index is 1150. The third kappa shape index (κ3) is 3.49. The van der Waals surface area contributed by atoms with Crippen molar-refractivity contribution >= 4 is 5.78 Å². The number of hydrogen-bond donors (Lipinski definition) is 6. The van der Waals surface area contributed by atoms with Gasteiger partial charge in [0, 0.05) is 17.7 Å². The Morgan fingerprint density at radius 2 is 1.91 bits per heavy atom. The van der Waals surface area contributed by atoms with Crippen molar-refractivity contribution in [3.8, 4) is 28.7 Å². The van der Waals surface area contributed by atoms with Crippen LogP contribution in [-0.2, 0) is 10.3 Å². The third-order valence-electron chi connectivity index (χ3n) is 6.46. The Labute approximate surface area is 198 Å². The Morgan fingerprint density at radius 1 is 1.14 bits per heavy atom. The van der Waals surface area contributed by atoms with Crippen LogP contribution < -0.4 is 18.9 Å². The first kappa shape index (κ1) is 23.6. The van der Waals surface area contributed by atoms with E-state index in [9.17, 15) is 35.4 Å². The van der Waals surface area contributed by atoms with Gasteiger partial charge in [0.2, 0.25) is 12.1 Å². The van der Waals surface area contributed by atoms with Crippen molar-refractivity contribution in [1.29, 1.82) is 0 Å². The first-order valence-electron chi connectivity index (χ1n) is 10.8. The summed E-state index contributed by atoms with van der Waals surface area (Å²) in [6, 6.07) is 6.93. The Kier molecular flexibility index (Phi) is 5.74. The zero-order valence-electron chi connectivity index (χ0n) is 18.4. The largest absolute Gasteiger partial charge is 0.504 e. The fourth-order valence-corrected chi connectivity index (χ4v) is 4.54. The highest BCUT2D eigenvalue weighted by Gasteiger charge is 2.57. The SMILES string of the molecule is COc1cc(O[C@@H]2O[C@H](CO)[C@@H](O)[C@H](O)[C@H]2O)c2c(c1)O[C@H]1COc3c(O)cccc3[C@]1(O)C2=O. The number of methoxy groups -OCH3 is 1. The summed E-state index contributed by atoms with van der Waals surface area (Å²) in [6.45, 7) is -0.920. The molecule has 0 unspecified atom stereocenters. The van der Waals surface area contributed by atoms with Crippen molar-refractivity contribution in [1.82, 2.24) is 0 Å². The summed E-state index contributed by atoms with van der Waals surface area (Å²) in [4.78, 5) is 13.8. The lowest BCUT2D eigenvalue weighted by Crippen LogP contribution is -2.60. The molecule has 3 heterocycles. The van der Waals surface area contributed by atoms with Gasteiger partial charge in [-0.25, -0.2) is 0 Å². The van der Waals surface area contributed by atoms with Crippen LogP contribution >= 0.6 is 0 Å². The topological polar surface area (TPSA) is 185 Å². The number of carbonyl (C=O) groups is 1. The van der Waals surface area contributed by atoms with E-state index in [-0.39, 0.29) is 46.5 Å². The zero-order chi connectivity index (χ0) is 25.1. The number of aliphatic hydroxyl groups is 5. The third-order valence-corrected chi connectivity index (χ3v) is 6.46. The molecule has 3 aliphatic heterocycles. The lowest BCUT2D eigenvalue weighted by molar-refractivity contribution is -0.277. The summed E-state index contributed by atoms with van der Waals surface area (Å²) in [7, 11) is 1.36. The molecule has 0 aliphatic carbocycles. The summed E-state index contributed by atoms with van der Waals surface area (Å²) in [6.07, 6.45) is -9.07. The average molecular weight is 492 g/mol. The molecule has 188 valence electrons. The van der Waals surface area contributed by atoms with E-state index in [1.807, 2.05) is 0 Å². The molecule has 1 fully saturated rings. The van der Waals surface area contributed by atoms with Crippen molar-refractivity contribution in [3.63, 3.8) is 0 Å². The molecule has 35 heavy (non-hydrogen) atoms. The first-order valence-corrected chi connectivity index (χ1v) is 10.8. The second-order valence-electron chi connectivity index (χ2n) is 8.48. The normalized spacial score (nSPS) is 33.5. The molecule has 6 N–H and O–H groups in total. The van der Waals surface area contributed by atoms with Crippen molar-refractivity contribution < 1.29 is 59.1 Å². The lowest BCUT2D eigenvalue weighted by atomic mass is 9.77. The molecule has 0 bridgehead atoms. The number of phenols is 1. The zero-order valence-corrected chi connectivity index (χ0v) is 18.4. The minimum absolute atomic E-state index is 0.000918. The molecule has 3 aliphatic rings. The maximum absolute atomic E-state index is 13.8. The van der Waals surface area contributed by atoms with Crippen molar-refractivity contribution in [2.75, 3.05) is 20.3 Å². The van der Waals surface area contributed by atoms with Crippen LogP contribution in [-0.4, -0.2) is 93.6 Å². The van der Waals surface area contributed by atoms with Gasteiger partial charge in [-0.1, -0.05) is 12.1 Å². The predicted octanol–water partition coefficient (Wildman–Crippen LogP) is -1.20. The molecule has 2 aromatic rings. The smallest absolute Gasteiger partial charge is 0.229 e. The van der Waals surface area contributed by atoms with Crippen molar-refractivity contribution in [3.05, 3.63) is 41.5 Å². The van der Waals surface area contributed by atoms with Gasteiger partial charge in [0.05, 0.1) is 13.7 Å². The van der Waals surface area contributed by atoms with Gasteiger partial charge in [-0.15, -0.1) is 0 Å². The van der Waals surface area contributed by atoms with Crippen LogP contribution in [0, 0.1) is 0 Å². The molecule has 7 atom stereocenters. The first-order chi connectivity index (χ1) is 16.7. The van der Waals surface area contributed by atoms with E-state index < -0.39 is 54.8 Å². The van der Waals surface area contributed by atoms with Gasteiger partial charge in [-0.05, 0) is 6.07 Å². The highest BCUT2D eigenvalue weighted by molar-refractivity contribution is 6.09. The summed E-state index contributed by atoms with van der Waals surface area (Å²) >= 11 is 0. The number of hydrogen-bond acceptors (Lipinski definition) is 12. The summed E-state index contributed by atoms with van der Waals surface area (Å²) in [5, 5.41) is 61.8. The number of phenolic OH excluding ortho intramolecular Hbond substituents is 1. The minimum Gasteiger partial charge on any atom is -0.504 e. The van der Waals surface area contributed by atoms with Gasteiger partial charge in [0.15, 0.2) is 23.2 Å². The Hall–Kier alpha value is -3.13. The van der Waals surface area contributed by atoms with Crippen LogP contribution in [0.2, 0.25) is 0 Å². The van der Waals surface area contributed by atoms with E-state index in [4.69, 9.17) is 23.7 Å². The van der Waals surface area contributed by atoms with Gasteiger partial charge in [0.25, 0.3) is 0 Å². The highest BCUT2D eigenvalue weighted by Crippen LogP contribution is 2.51. The molecule has 1 saturated heterocycles. The van der Waals surface area contributed by atoms with E-state index in [1.165, 1.54) is 37.4 Å². The highest BCUT2D eigenvalue weighted by atomic mass is 16.7. The van der Waals surface area contributed by atoms with Crippen molar-refractivity contribution in [2.24, 2.45) is 0 Å². The minimum atomic E-state index is -2.25. The van der Waals surface area contributed by atoms with Gasteiger partial charge in [-0.2, -0.15) is 0 Å². The fraction of sp³-hybridized carbons (Fsp3) is 0.435. The number of rotatable bonds is 4. The van der Waals surface area contributed by atoms with Crippen LogP contribution in [0.4, 0.5) is 0 Å². The van der Waals surface area contributed by atoms with Crippen LogP contribution in [0.25, 0.3) is 0 Å². The molecule has 2 aromatic carbocycles. The predicted molar refractivity (Wildman–Crippen MR) is 114 cm³/mol. The number of carbonyl (C=O) groups excluding carboxylic acids is 1. The van der Waals surface area contributed by atoms with Gasteiger partial charge in [-0.3, -0.25) is 4.79 Å². The number of Topliss-reactive ketones (excluding diaryl/α,β-unsaturated/α-hetero) is 1. The van der Waals surface area contributed by atoms with Crippen LogP contribution in [0.3, 0.4) is 0 Å². The number of aromatic hydroxyl groups is 1. The van der Waals surface area contributed by atoms with E-state index in [2.05, 4.69) is 0 Å². The van der Waals surface area contributed by atoms with Crippen LogP contribution in [0.15, 0.2) is 30.3 Å². The number of aliphatic hydroxyl groups excluding tert-OH is 4. The summed E-state index contributed by atoms with van der Waals surface area (Å²) in [5.74, 6) is -1.17. The molecular formula is C23H24O12. The number of ether oxygens (including phenoxy) is 5. The van der Waals surface area contributed by atoms with Gasteiger partial charge >= 0.3 is 0 Å². The lowest BCUT2D eigenvalue weighted by Gasteiger charge is -2.44. The van der Waals surface area contributed by atoms with Gasteiger partial charge in [0.1, 0.15) is 53.8 Å². The number of benzene rings is 2. The number of ketones is 1. The Morgan fingerprint density at radius 3 is 2.63 bits per heavy atom. The molecule has 0 amide bonds. The number of fused-ring (bicyclic) bond motifs is 4. The average Bonchev–Trinajstić information content (AvgIpc) is 2.85. The van der Waals surface area contributed by atoms with Crippen molar-refractivity contribution in [2.45, 2.75) is 42.4 Å². The molecule has 0 aromatic heterocycles. The maximum Gasteiger partial charge on any atom is 0.229 e. The van der Waals surface area contributed by atoms with Gasteiger partial charge < -0.3 is 54.3 Å². The van der Waals surface area contributed by atoms with E-state index in [0.717, 1.165) is 0 Å². The molecule has 0 saturated carbocycles. The second-order valence-corrected chi connectivity index (χ2v) is 8.48.